The van der Waals surface area contributed by atoms with Gasteiger partial charge in [0.05, 0.1) is 29.2 Å². The highest BCUT2D eigenvalue weighted by atomic mass is 16.5. The van der Waals surface area contributed by atoms with Crippen molar-refractivity contribution in [3.63, 3.8) is 0 Å². The Hall–Kier alpha value is -2.08. The molecule has 0 aliphatic heterocycles. The Morgan fingerprint density at radius 3 is 2.70 bits per heavy atom. The van der Waals surface area contributed by atoms with Gasteiger partial charge in [-0.05, 0) is 24.1 Å². The van der Waals surface area contributed by atoms with Gasteiger partial charge in [0.2, 0.25) is 0 Å². The summed E-state index contributed by atoms with van der Waals surface area (Å²) < 4.78 is 6.82. The number of benzene rings is 1. The summed E-state index contributed by atoms with van der Waals surface area (Å²) in [7, 11) is 1.60. The number of carbonyl (C=O) groups is 1. The molecule has 0 radical (unpaired) electrons. The highest BCUT2D eigenvalue weighted by Gasteiger charge is 2.21. The van der Waals surface area contributed by atoms with Crippen LogP contribution in [0.2, 0.25) is 0 Å². The van der Waals surface area contributed by atoms with E-state index in [1.54, 1.807) is 17.7 Å². The van der Waals surface area contributed by atoms with Crippen LogP contribution in [0, 0.1) is 5.92 Å². The number of aromatic nitrogens is 2. The highest BCUT2D eigenvalue weighted by Crippen LogP contribution is 2.22. The number of methoxy groups -OCH3 is 1. The summed E-state index contributed by atoms with van der Waals surface area (Å²) in [5.74, 6) is -0.802. The van der Waals surface area contributed by atoms with Crippen LogP contribution < -0.4 is 5.69 Å². The molecule has 0 aliphatic carbocycles. The van der Waals surface area contributed by atoms with E-state index in [1.165, 1.54) is 12.1 Å². The van der Waals surface area contributed by atoms with Gasteiger partial charge < -0.3 is 14.8 Å². The molecule has 6 nitrogen and oxygen atoms in total. The van der Waals surface area contributed by atoms with Crippen LogP contribution in [0.5, 0.6) is 0 Å². The Morgan fingerprint density at radius 1 is 1.45 bits per heavy atom. The smallest absolute Gasteiger partial charge is 0.335 e. The number of H-pyrrole nitrogens is 1. The molecule has 2 aromatic rings. The van der Waals surface area contributed by atoms with Gasteiger partial charge >= 0.3 is 11.7 Å². The molecular weight excluding hydrogens is 260 g/mol. The largest absolute Gasteiger partial charge is 0.478 e. The number of hydrogen-bond donors (Lipinski definition) is 2. The fourth-order valence-corrected chi connectivity index (χ4v) is 2.33. The molecule has 108 valence electrons. The Kier molecular flexibility index (Phi) is 3.94. The average Bonchev–Trinajstić information content (AvgIpc) is 2.70. The van der Waals surface area contributed by atoms with Crippen molar-refractivity contribution in [2.45, 2.75) is 19.9 Å². The van der Waals surface area contributed by atoms with Crippen LogP contribution in [-0.4, -0.2) is 34.3 Å². The van der Waals surface area contributed by atoms with Crippen molar-refractivity contribution in [3.8, 4) is 0 Å². The Bertz CT molecular complexity index is 684. The Labute approximate surface area is 116 Å². The molecule has 6 heteroatoms. The molecule has 0 spiro atoms. The van der Waals surface area contributed by atoms with E-state index in [0.29, 0.717) is 17.6 Å². The third-order valence-electron chi connectivity index (χ3n) is 3.40. The quantitative estimate of drug-likeness (QED) is 0.874. The molecule has 1 aromatic carbocycles. The van der Waals surface area contributed by atoms with Crippen LogP contribution in [-0.2, 0) is 4.74 Å². The Balaban J connectivity index is 2.61. The molecule has 1 atom stereocenters. The summed E-state index contributed by atoms with van der Waals surface area (Å²) in [6.45, 7) is 4.45. The van der Waals surface area contributed by atoms with E-state index in [1.807, 2.05) is 13.8 Å². The first kappa shape index (κ1) is 14.3. The number of carboxylic acids is 1. The first-order valence-corrected chi connectivity index (χ1v) is 6.42. The number of hydrogen-bond acceptors (Lipinski definition) is 3. The van der Waals surface area contributed by atoms with Crippen molar-refractivity contribution in [2.24, 2.45) is 5.92 Å². The van der Waals surface area contributed by atoms with Crippen molar-refractivity contribution in [1.29, 1.82) is 0 Å². The summed E-state index contributed by atoms with van der Waals surface area (Å²) in [5.41, 5.74) is 1.12. The molecule has 2 N–H and O–H groups in total. The lowest BCUT2D eigenvalue weighted by Gasteiger charge is -2.21. The maximum absolute atomic E-state index is 12.1. The number of nitrogens with zero attached hydrogens (tertiary/aromatic N) is 1. The standard InChI is InChI=1S/C14H18N2O4/c1-8(2)12(7-20-3)16-11-5-4-9(13(17)18)6-10(11)15-14(16)19/h4-6,8,12H,7H2,1-3H3,(H,15,19)(H,17,18). The third-order valence-corrected chi connectivity index (χ3v) is 3.40. The highest BCUT2D eigenvalue weighted by molar-refractivity contribution is 5.92. The fourth-order valence-electron chi connectivity index (χ4n) is 2.33. The van der Waals surface area contributed by atoms with Crippen molar-refractivity contribution < 1.29 is 14.6 Å². The number of aromatic amines is 1. The van der Waals surface area contributed by atoms with Crippen molar-refractivity contribution in [1.82, 2.24) is 9.55 Å². The zero-order chi connectivity index (χ0) is 14.9. The molecule has 20 heavy (non-hydrogen) atoms. The predicted octanol–water partition coefficient (Wildman–Crippen LogP) is 1.87. The van der Waals surface area contributed by atoms with E-state index in [-0.39, 0.29) is 23.2 Å². The molecule has 0 saturated carbocycles. The molecule has 0 aliphatic rings. The van der Waals surface area contributed by atoms with Gasteiger partial charge in [-0.2, -0.15) is 0 Å². The van der Waals surface area contributed by atoms with Crippen LogP contribution in [0.3, 0.4) is 0 Å². The molecule has 0 fully saturated rings. The van der Waals surface area contributed by atoms with Crippen molar-refractivity contribution in [2.75, 3.05) is 13.7 Å². The van der Waals surface area contributed by atoms with Gasteiger partial charge in [0.25, 0.3) is 0 Å². The molecule has 0 amide bonds. The number of aromatic carboxylic acids is 1. The lowest BCUT2D eigenvalue weighted by Crippen LogP contribution is -2.28. The van der Waals surface area contributed by atoms with Crippen molar-refractivity contribution >= 4 is 17.0 Å². The molecule has 2 rings (SSSR count). The molecule has 1 unspecified atom stereocenters. The zero-order valence-electron chi connectivity index (χ0n) is 11.7. The number of nitrogens with one attached hydrogen (secondary N) is 1. The fraction of sp³-hybridized carbons (Fsp3) is 0.429. The van der Waals surface area contributed by atoms with Gasteiger partial charge in [-0.3, -0.25) is 4.57 Å². The third kappa shape index (κ3) is 2.46. The minimum atomic E-state index is -1.02. The van der Waals surface area contributed by atoms with E-state index in [4.69, 9.17) is 9.84 Å². The zero-order valence-corrected chi connectivity index (χ0v) is 11.7. The van der Waals surface area contributed by atoms with Gasteiger partial charge in [0.1, 0.15) is 0 Å². The molecule has 1 heterocycles. The van der Waals surface area contributed by atoms with E-state index in [2.05, 4.69) is 4.98 Å². The summed E-state index contributed by atoms with van der Waals surface area (Å²) in [6, 6.07) is 4.53. The number of fused-ring (bicyclic) bond motifs is 1. The second kappa shape index (κ2) is 5.50. The van der Waals surface area contributed by atoms with E-state index in [0.717, 1.165) is 0 Å². The van der Waals surface area contributed by atoms with Crippen LogP contribution in [0.4, 0.5) is 0 Å². The van der Waals surface area contributed by atoms with Gasteiger partial charge in [-0.1, -0.05) is 13.8 Å². The maximum Gasteiger partial charge on any atom is 0.335 e. The van der Waals surface area contributed by atoms with E-state index >= 15 is 0 Å². The number of carboxylic acid groups (broad SMARTS) is 1. The Morgan fingerprint density at radius 2 is 2.15 bits per heavy atom. The molecule has 0 bridgehead atoms. The summed E-state index contributed by atoms with van der Waals surface area (Å²) >= 11 is 0. The average molecular weight is 278 g/mol. The minimum Gasteiger partial charge on any atom is -0.478 e. The minimum absolute atomic E-state index is 0.100. The molecular formula is C14H18N2O4. The van der Waals surface area contributed by atoms with Crippen LogP contribution >= 0.6 is 0 Å². The second-order valence-electron chi connectivity index (χ2n) is 5.10. The number of rotatable bonds is 5. The lowest BCUT2D eigenvalue weighted by molar-refractivity contribution is 0.0697. The molecule has 0 saturated heterocycles. The van der Waals surface area contributed by atoms with Crippen LogP contribution in [0.25, 0.3) is 11.0 Å². The first-order chi connectivity index (χ1) is 9.45. The van der Waals surface area contributed by atoms with E-state index in [9.17, 15) is 9.59 Å². The van der Waals surface area contributed by atoms with E-state index < -0.39 is 5.97 Å². The van der Waals surface area contributed by atoms with Crippen LogP contribution in [0.1, 0.15) is 30.2 Å². The normalized spacial score (nSPS) is 13.0. The first-order valence-electron chi connectivity index (χ1n) is 6.42. The number of imidazole rings is 1. The maximum atomic E-state index is 12.1. The monoisotopic (exact) mass is 278 g/mol. The number of ether oxygens (including phenoxy) is 1. The van der Waals surface area contributed by atoms with Gasteiger partial charge in [0.15, 0.2) is 0 Å². The summed E-state index contributed by atoms with van der Waals surface area (Å²) in [6.07, 6.45) is 0. The topological polar surface area (TPSA) is 84.3 Å². The summed E-state index contributed by atoms with van der Waals surface area (Å²) in [4.78, 5) is 25.8. The SMILES string of the molecule is COCC(C(C)C)n1c(=O)[nH]c2cc(C(=O)O)ccc21. The predicted molar refractivity (Wildman–Crippen MR) is 75.3 cm³/mol. The van der Waals surface area contributed by atoms with Gasteiger partial charge in [-0.25, -0.2) is 9.59 Å². The lowest BCUT2D eigenvalue weighted by atomic mass is 10.0. The van der Waals surface area contributed by atoms with Crippen molar-refractivity contribution in [3.05, 3.63) is 34.2 Å². The van der Waals surface area contributed by atoms with Crippen LogP contribution in [0.15, 0.2) is 23.0 Å². The summed E-state index contributed by atoms with van der Waals surface area (Å²) in [5, 5.41) is 8.98. The molecule has 1 aromatic heterocycles. The van der Waals surface area contributed by atoms with Gasteiger partial charge in [0, 0.05) is 7.11 Å². The second-order valence-corrected chi connectivity index (χ2v) is 5.10. The van der Waals surface area contributed by atoms with Gasteiger partial charge in [-0.15, -0.1) is 0 Å².